The summed E-state index contributed by atoms with van der Waals surface area (Å²) in [7, 11) is -1.93. The van der Waals surface area contributed by atoms with E-state index < -0.39 is 7.14 Å². The summed E-state index contributed by atoms with van der Waals surface area (Å²) in [5.74, 6) is 0. The SMILES string of the molecule is CC.CP(C)(=O)C[C@@H]1CC[C@]2(CO)CCCN12. The smallest absolute Gasteiger partial charge is 0.0834 e. The molecule has 0 aromatic rings. The van der Waals surface area contributed by atoms with E-state index in [1.165, 1.54) is 6.42 Å². The Kier molecular flexibility index (Phi) is 5.24. The minimum Gasteiger partial charge on any atom is -0.394 e. The highest BCUT2D eigenvalue weighted by molar-refractivity contribution is 7.62. The molecule has 2 atom stereocenters. The van der Waals surface area contributed by atoms with Crippen molar-refractivity contribution >= 4 is 7.14 Å². The third-order valence-electron chi connectivity index (χ3n) is 3.98. The van der Waals surface area contributed by atoms with Crippen LogP contribution in [0.15, 0.2) is 0 Å². The second-order valence-corrected chi connectivity index (χ2v) is 9.14. The lowest BCUT2D eigenvalue weighted by Crippen LogP contribution is -2.46. The lowest BCUT2D eigenvalue weighted by molar-refractivity contribution is 0.0824. The third kappa shape index (κ3) is 3.33. The van der Waals surface area contributed by atoms with Crippen molar-refractivity contribution in [3.8, 4) is 0 Å². The molecule has 0 bridgehead atoms. The molecule has 102 valence electrons. The highest BCUT2D eigenvalue weighted by Crippen LogP contribution is 2.47. The van der Waals surface area contributed by atoms with Crippen LogP contribution in [0.5, 0.6) is 0 Å². The van der Waals surface area contributed by atoms with Gasteiger partial charge in [-0.1, -0.05) is 13.8 Å². The molecule has 4 heteroatoms. The molecule has 0 amide bonds. The van der Waals surface area contributed by atoms with Crippen molar-refractivity contribution in [3.05, 3.63) is 0 Å². The van der Waals surface area contributed by atoms with Crippen LogP contribution in [0, 0.1) is 0 Å². The number of rotatable bonds is 3. The molecule has 2 fully saturated rings. The van der Waals surface area contributed by atoms with Gasteiger partial charge in [0, 0.05) is 17.7 Å². The van der Waals surface area contributed by atoms with Crippen LogP contribution in [-0.2, 0) is 4.57 Å². The van der Waals surface area contributed by atoms with Gasteiger partial charge in [-0.15, -0.1) is 0 Å². The van der Waals surface area contributed by atoms with E-state index in [1.807, 2.05) is 27.2 Å². The quantitative estimate of drug-likeness (QED) is 0.794. The Bertz CT molecular complexity index is 289. The summed E-state index contributed by atoms with van der Waals surface area (Å²) in [4.78, 5) is 2.44. The van der Waals surface area contributed by atoms with Gasteiger partial charge in [0.1, 0.15) is 0 Å². The van der Waals surface area contributed by atoms with Crippen LogP contribution in [0.3, 0.4) is 0 Å². The Hall–Kier alpha value is 0.150. The topological polar surface area (TPSA) is 40.5 Å². The van der Waals surface area contributed by atoms with Crippen LogP contribution >= 0.6 is 7.14 Å². The summed E-state index contributed by atoms with van der Waals surface area (Å²) in [5, 5.41) is 9.53. The summed E-state index contributed by atoms with van der Waals surface area (Å²) >= 11 is 0. The van der Waals surface area contributed by atoms with E-state index in [9.17, 15) is 9.67 Å². The van der Waals surface area contributed by atoms with Gasteiger partial charge < -0.3 is 9.67 Å². The maximum atomic E-state index is 11.9. The molecule has 2 heterocycles. The molecule has 3 nitrogen and oxygen atoms in total. The summed E-state index contributed by atoms with van der Waals surface area (Å²) in [5.41, 5.74) is 0.0554. The van der Waals surface area contributed by atoms with E-state index in [-0.39, 0.29) is 12.1 Å². The van der Waals surface area contributed by atoms with Crippen molar-refractivity contribution in [1.82, 2.24) is 4.90 Å². The lowest BCUT2D eigenvalue weighted by atomic mass is 9.95. The van der Waals surface area contributed by atoms with Gasteiger partial charge in [0.25, 0.3) is 0 Å². The Morgan fingerprint density at radius 1 is 1.35 bits per heavy atom. The molecule has 2 saturated heterocycles. The van der Waals surface area contributed by atoms with Crippen LogP contribution in [0.2, 0.25) is 0 Å². The first kappa shape index (κ1) is 15.2. The highest BCUT2D eigenvalue weighted by Gasteiger charge is 2.49. The van der Waals surface area contributed by atoms with Gasteiger partial charge in [-0.3, -0.25) is 4.90 Å². The van der Waals surface area contributed by atoms with Crippen LogP contribution < -0.4 is 0 Å². The largest absolute Gasteiger partial charge is 0.394 e. The Morgan fingerprint density at radius 2 is 2.00 bits per heavy atom. The van der Waals surface area contributed by atoms with Gasteiger partial charge in [-0.2, -0.15) is 0 Å². The predicted molar refractivity (Wildman–Crippen MR) is 74.4 cm³/mol. The van der Waals surface area contributed by atoms with Crippen molar-refractivity contribution in [1.29, 1.82) is 0 Å². The predicted octanol–water partition coefficient (Wildman–Crippen LogP) is 2.62. The zero-order chi connectivity index (χ0) is 13.1. The highest BCUT2D eigenvalue weighted by atomic mass is 31.2. The maximum absolute atomic E-state index is 11.9. The molecule has 0 saturated carbocycles. The molecular formula is C13H28NO2P. The minimum atomic E-state index is -1.93. The van der Waals surface area contributed by atoms with Crippen molar-refractivity contribution in [2.45, 2.75) is 51.1 Å². The summed E-state index contributed by atoms with van der Waals surface area (Å²) < 4.78 is 11.9. The number of fused-ring (bicyclic) bond motifs is 1. The van der Waals surface area contributed by atoms with Crippen molar-refractivity contribution < 1.29 is 9.67 Å². The summed E-state index contributed by atoms with van der Waals surface area (Å²) in [6, 6.07) is 0.459. The Labute approximate surface area is 106 Å². The van der Waals surface area contributed by atoms with Crippen LogP contribution in [0.1, 0.15) is 39.5 Å². The van der Waals surface area contributed by atoms with Gasteiger partial charge in [0.05, 0.1) is 13.7 Å². The average molecular weight is 261 g/mol. The van der Waals surface area contributed by atoms with Crippen molar-refractivity contribution in [2.75, 3.05) is 32.6 Å². The summed E-state index contributed by atoms with van der Waals surface area (Å²) in [6.45, 7) is 9.12. The van der Waals surface area contributed by atoms with E-state index in [0.29, 0.717) is 6.04 Å². The number of aliphatic hydroxyl groups excluding tert-OH is 1. The molecular weight excluding hydrogens is 233 g/mol. The van der Waals surface area contributed by atoms with Crippen molar-refractivity contribution in [3.63, 3.8) is 0 Å². The molecule has 17 heavy (non-hydrogen) atoms. The maximum Gasteiger partial charge on any atom is 0.0834 e. The second-order valence-electron chi connectivity index (χ2n) is 5.63. The first-order chi connectivity index (χ1) is 7.97. The molecule has 2 rings (SSSR count). The van der Waals surface area contributed by atoms with Gasteiger partial charge in [0.15, 0.2) is 0 Å². The molecule has 1 N–H and O–H groups in total. The van der Waals surface area contributed by atoms with E-state index in [2.05, 4.69) is 4.90 Å². The van der Waals surface area contributed by atoms with Crippen LogP contribution in [0.25, 0.3) is 0 Å². The average Bonchev–Trinajstić information content (AvgIpc) is 2.81. The number of aliphatic hydroxyl groups is 1. The fourth-order valence-electron chi connectivity index (χ4n) is 3.34. The molecule has 2 aliphatic rings. The third-order valence-corrected chi connectivity index (χ3v) is 5.28. The fraction of sp³-hybridized carbons (Fsp3) is 1.00. The van der Waals surface area contributed by atoms with Gasteiger partial charge >= 0.3 is 0 Å². The standard InChI is InChI=1S/C11H22NO2P.C2H6/c1-15(2,14)8-10-4-6-11(9-13)5-3-7-12(10)11;1-2/h10,13H,3-9H2,1-2H3;1-2H3/t10-,11-;/m0./s1. The van der Waals surface area contributed by atoms with E-state index in [1.54, 1.807) is 0 Å². The lowest BCUT2D eigenvalue weighted by Gasteiger charge is -2.33. The number of hydrogen-bond donors (Lipinski definition) is 1. The first-order valence-corrected chi connectivity index (χ1v) is 9.67. The number of nitrogens with zero attached hydrogens (tertiary/aromatic N) is 1. The summed E-state index contributed by atoms with van der Waals surface area (Å²) in [6.07, 6.45) is 5.35. The van der Waals surface area contributed by atoms with E-state index in [0.717, 1.165) is 32.0 Å². The van der Waals surface area contributed by atoms with Crippen LogP contribution in [-0.4, -0.2) is 54.2 Å². The zero-order valence-corrected chi connectivity index (χ0v) is 12.7. The van der Waals surface area contributed by atoms with E-state index >= 15 is 0 Å². The zero-order valence-electron chi connectivity index (χ0n) is 11.8. The first-order valence-electron chi connectivity index (χ1n) is 6.88. The van der Waals surface area contributed by atoms with Crippen molar-refractivity contribution in [2.24, 2.45) is 0 Å². The number of hydrogen-bond acceptors (Lipinski definition) is 3. The fourth-order valence-corrected chi connectivity index (χ4v) is 4.73. The van der Waals surface area contributed by atoms with Gasteiger partial charge in [0.2, 0.25) is 0 Å². The second kappa shape index (κ2) is 5.86. The monoisotopic (exact) mass is 261 g/mol. The normalized spacial score (nSPS) is 33.1. The Balaban J connectivity index is 0.000000686. The molecule has 0 spiro atoms. The molecule has 0 aromatic heterocycles. The molecule has 2 aliphatic heterocycles. The van der Waals surface area contributed by atoms with E-state index in [4.69, 9.17) is 0 Å². The molecule has 0 aliphatic carbocycles. The minimum absolute atomic E-state index is 0.0554. The molecule has 0 unspecified atom stereocenters. The van der Waals surface area contributed by atoms with Gasteiger partial charge in [-0.05, 0) is 45.6 Å². The Morgan fingerprint density at radius 3 is 2.53 bits per heavy atom. The molecule has 0 radical (unpaired) electrons. The molecule has 0 aromatic carbocycles. The van der Waals surface area contributed by atoms with Gasteiger partial charge in [-0.25, -0.2) is 0 Å². The van der Waals surface area contributed by atoms with Crippen LogP contribution in [0.4, 0.5) is 0 Å².